The van der Waals surface area contributed by atoms with Crippen LogP contribution in [0.2, 0.25) is 0 Å². The second kappa shape index (κ2) is 22.6. The van der Waals surface area contributed by atoms with Crippen LogP contribution in [-0.2, 0) is 68.8 Å². The summed E-state index contributed by atoms with van der Waals surface area (Å²) in [6.45, 7) is 6.24. The van der Waals surface area contributed by atoms with Crippen LogP contribution in [0.15, 0.2) is 70.1 Å². The Morgan fingerprint density at radius 1 is 0.833 bits per heavy atom. The van der Waals surface area contributed by atoms with Crippen LogP contribution in [0.25, 0.3) is 0 Å². The predicted molar refractivity (Wildman–Crippen MR) is 197 cm³/mol. The molecule has 0 radical (unpaired) electrons. The molecule has 0 aromatic heterocycles. The van der Waals surface area contributed by atoms with Gasteiger partial charge in [-0.1, -0.05) is 34.8 Å². The first kappa shape index (κ1) is 56.8. The minimum absolute atomic E-state index is 0. The second-order valence-electron chi connectivity index (χ2n) is 13.8. The molecule has 0 bridgehead atoms. The van der Waals surface area contributed by atoms with Gasteiger partial charge in [-0.05, 0) is 55.8 Å². The maximum Gasteiger partial charge on any atom is 1.00 e. The third-order valence-electron chi connectivity index (χ3n) is 9.65. The number of amides is 4. The Hall–Kier alpha value is -1.25. The van der Waals surface area contributed by atoms with Crippen molar-refractivity contribution in [1.82, 2.24) is 10.1 Å². The molecule has 4 heterocycles. The summed E-state index contributed by atoms with van der Waals surface area (Å²) < 4.78 is 42.0. The van der Waals surface area contributed by atoms with E-state index >= 15 is 0 Å². The molecule has 2 saturated heterocycles. The van der Waals surface area contributed by atoms with Gasteiger partial charge >= 0.3 is 115 Å². The number of imide groups is 2. The van der Waals surface area contributed by atoms with E-state index in [4.69, 9.17) is 9.68 Å². The summed E-state index contributed by atoms with van der Waals surface area (Å²) in [6.07, 6.45) is 4.54. The van der Waals surface area contributed by atoms with E-state index in [-0.39, 0.29) is 167 Å². The van der Waals surface area contributed by atoms with Gasteiger partial charge in [0.15, 0.2) is 5.71 Å². The van der Waals surface area contributed by atoms with Crippen LogP contribution in [0.1, 0.15) is 79.4 Å². The molecule has 0 N–H and O–H groups in total. The van der Waals surface area contributed by atoms with Gasteiger partial charge in [-0.25, -0.2) is 18.0 Å². The summed E-state index contributed by atoms with van der Waals surface area (Å²) in [6, 6.07) is 8.72. The molecule has 2 aromatic carbocycles. The first-order chi connectivity index (χ1) is 25.8. The molecule has 0 atom stereocenters. The fraction of sp³-hybridized carbons (Fsp3) is 0.378. The van der Waals surface area contributed by atoms with Gasteiger partial charge in [0.05, 0.1) is 22.4 Å². The molecule has 4 amide bonds. The van der Waals surface area contributed by atoms with Gasteiger partial charge in [-0.3, -0.25) is 24.2 Å². The standard InChI is InChI=1S/C35H34N4O14S2.2CH4.HI.2K/c1-34(2)22-16-20(54-53-52-46)8-10-24(22)36(18-32(44)50-38-28(40)12-13-29(38)41)26(34)6-5-7-27-35(3,4)23-17-21(55(47,48)49)9-11-25(23)37(27)19-33(45)51-39-30(42)14-15-31(39)43;;;;;/h5-11,16-17H,12-15,18-19H2,1-4H3,(H-,46,47,48,49);2*1H4;1H;;/q;;;;2*+1/p-2. The number of allylic oxidation sites excluding steroid dienone is 4. The average Bonchev–Trinajstić information content (AvgIpc) is 3.74. The average molecular weight is 1030 g/mol. The Morgan fingerprint density at radius 2 is 1.38 bits per heavy atom. The van der Waals surface area contributed by atoms with Crippen molar-refractivity contribution in [3.05, 3.63) is 71.5 Å². The van der Waals surface area contributed by atoms with Gasteiger partial charge in [0.25, 0.3) is 23.6 Å². The Balaban J connectivity index is 0.00000360. The van der Waals surface area contributed by atoms with Crippen molar-refractivity contribution in [3.8, 4) is 0 Å². The van der Waals surface area contributed by atoms with Crippen molar-refractivity contribution in [3.63, 3.8) is 0 Å². The molecule has 2 aromatic rings. The number of hydrogen-bond acceptors (Lipinski definition) is 16. The molecule has 6 rings (SSSR count). The number of anilines is 1. The van der Waals surface area contributed by atoms with E-state index in [9.17, 15) is 47.0 Å². The topological polar surface area (TPSA) is 232 Å². The zero-order valence-electron chi connectivity index (χ0n) is 32.1. The number of halogens is 1. The maximum absolute atomic E-state index is 13.2. The van der Waals surface area contributed by atoms with E-state index < -0.39 is 74.5 Å². The van der Waals surface area contributed by atoms with Crippen molar-refractivity contribution < 1.29 is 197 Å². The maximum atomic E-state index is 13.2. The molecule has 0 spiro atoms. The van der Waals surface area contributed by atoms with Crippen LogP contribution in [0.4, 0.5) is 11.4 Å². The number of carbonyl (C=O) groups is 6. The van der Waals surface area contributed by atoms with Crippen molar-refractivity contribution in [2.45, 2.75) is 88.9 Å². The van der Waals surface area contributed by atoms with E-state index in [1.54, 1.807) is 54.9 Å². The summed E-state index contributed by atoms with van der Waals surface area (Å²) in [5.41, 5.74) is 1.07. The first-order valence-corrected chi connectivity index (χ1v) is 18.8. The molecule has 60 heavy (non-hydrogen) atoms. The third kappa shape index (κ3) is 11.7. The van der Waals surface area contributed by atoms with Crippen molar-refractivity contribution in [2.75, 3.05) is 18.0 Å². The summed E-state index contributed by atoms with van der Waals surface area (Å²) in [7, 11) is -4.86. The fourth-order valence-corrected chi connectivity index (χ4v) is 7.87. The minimum atomic E-state index is -4.86. The van der Waals surface area contributed by atoms with Crippen LogP contribution < -0.4 is 137 Å². The number of nitrogens with zero attached hydrogens (tertiary/aromatic N) is 4. The zero-order chi connectivity index (χ0) is 40.0. The Kier molecular flexibility index (Phi) is 21.4. The van der Waals surface area contributed by atoms with E-state index in [0.717, 1.165) is 6.07 Å². The Bertz CT molecular complexity index is 2230. The largest absolute Gasteiger partial charge is 1.00 e. The normalized spacial score (nSPS) is 18.0. The van der Waals surface area contributed by atoms with Gasteiger partial charge in [0.2, 0.25) is 12.2 Å². The molecule has 314 valence electrons. The smallest absolute Gasteiger partial charge is 1.00 e. The molecule has 23 heteroatoms. The summed E-state index contributed by atoms with van der Waals surface area (Å²) in [5, 5.41) is 14.8. The van der Waals surface area contributed by atoms with Gasteiger partial charge in [0, 0.05) is 65.1 Å². The molecular weight excluding hydrogens is 994 g/mol. The van der Waals surface area contributed by atoms with Gasteiger partial charge < -0.3 is 48.4 Å². The Labute approximate surface area is 454 Å². The van der Waals surface area contributed by atoms with Crippen LogP contribution in [0, 0.1) is 0 Å². The van der Waals surface area contributed by atoms with Crippen molar-refractivity contribution in [1.29, 1.82) is 0 Å². The zero-order valence-corrected chi connectivity index (χ0v) is 42.2. The molecule has 4 aliphatic heterocycles. The number of carbonyl (C=O) groups excluding carboxylic acids is 6. The van der Waals surface area contributed by atoms with Gasteiger partial charge in [-0.15, -0.1) is 10.1 Å². The summed E-state index contributed by atoms with van der Waals surface area (Å²) in [4.78, 5) is 86.8. The van der Waals surface area contributed by atoms with Crippen molar-refractivity contribution >= 4 is 74.8 Å². The predicted octanol–water partition coefficient (Wildman–Crippen LogP) is -6.07. The van der Waals surface area contributed by atoms with Gasteiger partial charge in [0.1, 0.15) is 16.7 Å². The number of rotatable bonds is 12. The van der Waals surface area contributed by atoms with Gasteiger partial charge in [-0.2, -0.15) is 8.91 Å². The molecule has 18 nitrogen and oxygen atoms in total. The van der Waals surface area contributed by atoms with Crippen LogP contribution >= 0.6 is 12.0 Å². The molecule has 0 aliphatic carbocycles. The SMILES string of the molecule is C.C.CC1(C)C(/C=C/C=C2\N(CC(=O)ON3C(=O)CCC3=O)c3ccc(S(=O)(=O)[O-])cc3C2(C)C)=[N+](CC(=O)ON2C(=O)CCC2=O)c2ccc(SOO[O-])cc21.[I-].[K+].[K+]. The third-order valence-corrected chi connectivity index (χ3v) is 11.1. The molecule has 2 fully saturated rings. The van der Waals surface area contributed by atoms with E-state index in [1.165, 1.54) is 17.0 Å². The van der Waals surface area contributed by atoms with Crippen LogP contribution in [0.5, 0.6) is 0 Å². The van der Waals surface area contributed by atoms with E-state index in [2.05, 4.69) is 9.37 Å². The van der Waals surface area contributed by atoms with Crippen molar-refractivity contribution in [2.24, 2.45) is 0 Å². The molecule has 0 saturated carbocycles. The number of fused-ring (bicyclic) bond motifs is 2. The number of hydrogen-bond donors (Lipinski definition) is 0. The van der Waals surface area contributed by atoms with Crippen LogP contribution in [0.3, 0.4) is 0 Å². The quantitative estimate of drug-likeness (QED) is 0.0282. The molecule has 0 unspecified atom stereocenters. The number of hydroxylamine groups is 4. The molecular formula is C37H41IK2N4O14S2. The monoisotopic (exact) mass is 1030 g/mol. The van der Waals surface area contributed by atoms with E-state index in [1.807, 2.05) is 13.8 Å². The Morgan fingerprint density at radius 3 is 1.92 bits per heavy atom. The summed E-state index contributed by atoms with van der Waals surface area (Å²) >= 11 is 0.667. The minimum Gasteiger partial charge on any atom is -1.00 e. The van der Waals surface area contributed by atoms with Crippen LogP contribution in [-0.4, -0.2) is 82.0 Å². The number of benzene rings is 2. The second-order valence-corrected chi connectivity index (χ2v) is 16.0. The van der Waals surface area contributed by atoms with E-state index in [0.29, 0.717) is 61.0 Å². The molecule has 4 aliphatic rings. The first-order valence-electron chi connectivity index (χ1n) is 16.7. The summed E-state index contributed by atoms with van der Waals surface area (Å²) in [5.74, 6) is -4.52. The fourth-order valence-electron chi connectivity index (χ4n) is 6.98.